The van der Waals surface area contributed by atoms with Crippen LogP contribution in [0.15, 0.2) is 0 Å². The van der Waals surface area contributed by atoms with Crippen LogP contribution in [0.4, 0.5) is 0 Å². The van der Waals surface area contributed by atoms with E-state index in [1.807, 2.05) is 0 Å². The summed E-state index contributed by atoms with van der Waals surface area (Å²) in [6, 6.07) is 0. The van der Waals surface area contributed by atoms with Gasteiger partial charge >= 0.3 is 5.97 Å². The van der Waals surface area contributed by atoms with Crippen molar-refractivity contribution in [3.05, 3.63) is 0 Å². The normalized spacial score (nSPS) is 33.2. The predicted molar refractivity (Wildman–Crippen MR) is 76.0 cm³/mol. The van der Waals surface area contributed by atoms with Gasteiger partial charge in [0.2, 0.25) is 5.91 Å². The third-order valence-corrected chi connectivity index (χ3v) is 5.19. The van der Waals surface area contributed by atoms with Crippen LogP contribution in [0.2, 0.25) is 0 Å². The fourth-order valence-corrected chi connectivity index (χ4v) is 3.09. The Morgan fingerprint density at radius 2 is 1.85 bits per heavy atom. The molecule has 1 atom stereocenters. The van der Waals surface area contributed by atoms with Crippen LogP contribution < -0.4 is 11.1 Å². The molecule has 0 saturated heterocycles. The van der Waals surface area contributed by atoms with E-state index in [2.05, 4.69) is 12.2 Å². The van der Waals surface area contributed by atoms with Crippen LogP contribution >= 0.6 is 0 Å². The molecule has 4 N–H and O–H groups in total. The summed E-state index contributed by atoms with van der Waals surface area (Å²) in [5, 5.41) is 12.3. The smallest absolute Gasteiger partial charge is 0.311 e. The number of amides is 1. The van der Waals surface area contributed by atoms with Crippen molar-refractivity contribution in [1.29, 1.82) is 0 Å². The van der Waals surface area contributed by atoms with Gasteiger partial charge in [-0.1, -0.05) is 6.92 Å². The molecule has 2 aliphatic rings. The number of nitrogens with two attached hydrogens (primary N) is 1. The van der Waals surface area contributed by atoms with Crippen LogP contribution in [0.1, 0.15) is 52.4 Å². The summed E-state index contributed by atoms with van der Waals surface area (Å²) in [6.07, 6.45) is 5.06. The Balaban J connectivity index is 1.96. The van der Waals surface area contributed by atoms with Crippen LogP contribution in [0, 0.1) is 17.3 Å². The van der Waals surface area contributed by atoms with Crippen LogP contribution in [-0.2, 0) is 9.59 Å². The van der Waals surface area contributed by atoms with E-state index in [1.165, 1.54) is 0 Å². The van der Waals surface area contributed by atoms with Crippen molar-refractivity contribution >= 4 is 11.9 Å². The topological polar surface area (TPSA) is 92.4 Å². The second kappa shape index (κ2) is 5.35. The Morgan fingerprint density at radius 3 is 2.30 bits per heavy atom. The van der Waals surface area contributed by atoms with E-state index in [4.69, 9.17) is 5.73 Å². The van der Waals surface area contributed by atoms with Crippen LogP contribution in [0.5, 0.6) is 0 Å². The van der Waals surface area contributed by atoms with E-state index < -0.39 is 16.9 Å². The first-order chi connectivity index (χ1) is 9.28. The van der Waals surface area contributed by atoms with Gasteiger partial charge in [0, 0.05) is 6.54 Å². The van der Waals surface area contributed by atoms with Crippen LogP contribution in [0.3, 0.4) is 0 Å². The van der Waals surface area contributed by atoms with E-state index in [0.29, 0.717) is 18.8 Å². The number of hydrogen-bond donors (Lipinski definition) is 3. The highest BCUT2D eigenvalue weighted by Crippen LogP contribution is 2.40. The van der Waals surface area contributed by atoms with Crippen molar-refractivity contribution in [1.82, 2.24) is 5.32 Å². The number of hydrogen-bond acceptors (Lipinski definition) is 3. The first-order valence-corrected chi connectivity index (χ1v) is 7.58. The number of carboxylic acids is 1. The maximum absolute atomic E-state index is 12.2. The molecule has 2 rings (SSSR count). The number of rotatable bonds is 5. The molecular weight excluding hydrogens is 256 g/mol. The minimum Gasteiger partial charge on any atom is -0.481 e. The zero-order valence-electron chi connectivity index (χ0n) is 12.4. The predicted octanol–water partition coefficient (Wildman–Crippen LogP) is 1.51. The zero-order valence-corrected chi connectivity index (χ0v) is 12.4. The number of aliphatic carboxylic acids is 1. The highest BCUT2D eigenvalue weighted by Gasteiger charge is 2.46. The van der Waals surface area contributed by atoms with Crippen molar-refractivity contribution in [2.45, 2.75) is 57.9 Å². The van der Waals surface area contributed by atoms with Crippen molar-refractivity contribution in [2.75, 3.05) is 6.54 Å². The fraction of sp³-hybridized carbons (Fsp3) is 0.867. The first-order valence-electron chi connectivity index (χ1n) is 7.58. The van der Waals surface area contributed by atoms with Gasteiger partial charge in [-0.3, -0.25) is 9.59 Å². The summed E-state index contributed by atoms with van der Waals surface area (Å²) >= 11 is 0. The van der Waals surface area contributed by atoms with Gasteiger partial charge in [-0.25, -0.2) is 0 Å². The fourth-order valence-electron chi connectivity index (χ4n) is 3.09. The van der Waals surface area contributed by atoms with Crippen molar-refractivity contribution in [3.8, 4) is 0 Å². The maximum Gasteiger partial charge on any atom is 0.311 e. The van der Waals surface area contributed by atoms with Crippen molar-refractivity contribution in [2.24, 2.45) is 23.0 Å². The van der Waals surface area contributed by atoms with Crippen molar-refractivity contribution in [3.63, 3.8) is 0 Å². The summed E-state index contributed by atoms with van der Waals surface area (Å²) in [4.78, 5) is 23.8. The lowest BCUT2D eigenvalue weighted by Gasteiger charge is -2.36. The Kier molecular flexibility index (Phi) is 4.09. The largest absolute Gasteiger partial charge is 0.481 e. The van der Waals surface area contributed by atoms with Gasteiger partial charge in [0.05, 0.1) is 11.0 Å². The Hall–Kier alpha value is -1.10. The van der Waals surface area contributed by atoms with E-state index >= 15 is 0 Å². The molecule has 1 unspecified atom stereocenters. The second-order valence-corrected chi connectivity index (χ2v) is 7.01. The van der Waals surface area contributed by atoms with E-state index in [0.717, 1.165) is 25.7 Å². The van der Waals surface area contributed by atoms with Gasteiger partial charge in [0.1, 0.15) is 0 Å². The molecule has 114 valence electrons. The molecule has 20 heavy (non-hydrogen) atoms. The monoisotopic (exact) mass is 282 g/mol. The number of nitrogens with one attached hydrogen (secondary N) is 1. The molecule has 0 aromatic rings. The molecule has 0 spiro atoms. The van der Waals surface area contributed by atoms with Gasteiger partial charge in [-0.15, -0.1) is 0 Å². The maximum atomic E-state index is 12.2. The Bertz CT molecular complexity index is 394. The molecule has 5 nitrogen and oxygen atoms in total. The molecule has 0 heterocycles. The van der Waals surface area contributed by atoms with Gasteiger partial charge in [0.25, 0.3) is 0 Å². The molecule has 2 aliphatic carbocycles. The van der Waals surface area contributed by atoms with Gasteiger partial charge < -0.3 is 16.2 Å². The van der Waals surface area contributed by atoms with Crippen LogP contribution in [0.25, 0.3) is 0 Å². The second-order valence-electron chi connectivity index (χ2n) is 7.01. The highest BCUT2D eigenvalue weighted by molar-refractivity contribution is 5.87. The average molecular weight is 282 g/mol. The van der Waals surface area contributed by atoms with E-state index in [-0.39, 0.29) is 18.4 Å². The number of carboxylic acid groups (broad SMARTS) is 1. The average Bonchev–Trinajstić information content (AvgIpc) is 3.22. The minimum atomic E-state index is -0.859. The molecule has 1 amide bonds. The molecule has 0 aromatic heterocycles. The lowest BCUT2D eigenvalue weighted by Crippen LogP contribution is -2.56. The van der Waals surface area contributed by atoms with Gasteiger partial charge in [0.15, 0.2) is 0 Å². The molecule has 5 heteroatoms. The molecule has 0 aliphatic heterocycles. The van der Waals surface area contributed by atoms with E-state index in [9.17, 15) is 14.7 Å². The van der Waals surface area contributed by atoms with E-state index in [1.54, 1.807) is 6.92 Å². The first kappa shape index (κ1) is 15.3. The number of carbonyl (C=O) groups is 2. The molecule has 0 bridgehead atoms. The molecular formula is C15H26N2O3. The third-order valence-electron chi connectivity index (χ3n) is 5.19. The Morgan fingerprint density at radius 1 is 1.30 bits per heavy atom. The summed E-state index contributed by atoms with van der Waals surface area (Å²) in [5.41, 5.74) is 4.40. The van der Waals surface area contributed by atoms with Gasteiger partial charge in [-0.2, -0.15) is 0 Å². The molecule has 2 saturated carbocycles. The number of carbonyl (C=O) groups excluding carboxylic acids is 1. The summed E-state index contributed by atoms with van der Waals surface area (Å²) in [7, 11) is 0. The van der Waals surface area contributed by atoms with Gasteiger partial charge in [-0.05, 0) is 57.3 Å². The standard InChI is InChI=1S/C15H26N2O3/c1-10-5-7-15(8-6-10,13(19)20)9-17-12(18)14(2,16)11-3-4-11/h10-11H,3-9,16H2,1-2H3,(H,17,18)(H,19,20). The quantitative estimate of drug-likeness (QED) is 0.712. The SMILES string of the molecule is CC1CCC(CNC(=O)C(C)(N)C2CC2)(C(=O)O)CC1. The molecule has 2 fully saturated rings. The summed E-state index contributed by atoms with van der Waals surface area (Å²) < 4.78 is 0. The third kappa shape index (κ3) is 2.97. The molecule has 0 radical (unpaired) electrons. The lowest BCUT2D eigenvalue weighted by molar-refractivity contribution is -0.151. The Labute approximate surface area is 120 Å². The zero-order chi connectivity index (χ0) is 15.0. The van der Waals surface area contributed by atoms with Crippen molar-refractivity contribution < 1.29 is 14.7 Å². The summed E-state index contributed by atoms with van der Waals surface area (Å²) in [6.45, 7) is 4.10. The highest BCUT2D eigenvalue weighted by atomic mass is 16.4. The minimum absolute atomic E-state index is 0.202. The molecule has 0 aromatic carbocycles. The lowest BCUT2D eigenvalue weighted by atomic mass is 9.70. The van der Waals surface area contributed by atoms with Crippen LogP contribution in [-0.4, -0.2) is 29.1 Å². The summed E-state index contributed by atoms with van der Waals surface area (Å²) in [5.74, 6) is -0.187.